The van der Waals surface area contributed by atoms with E-state index in [9.17, 15) is 10.2 Å². The van der Waals surface area contributed by atoms with Crippen molar-refractivity contribution in [3.8, 4) is 0 Å². The lowest BCUT2D eigenvalue weighted by Crippen LogP contribution is -2.45. The van der Waals surface area contributed by atoms with Crippen LogP contribution in [0.4, 0.5) is 5.69 Å². The van der Waals surface area contributed by atoms with Crippen molar-refractivity contribution in [3.63, 3.8) is 0 Å². The van der Waals surface area contributed by atoms with E-state index in [1.54, 1.807) is 17.5 Å². The normalized spacial score (nSPS) is 25.5. The van der Waals surface area contributed by atoms with Crippen LogP contribution in [0.15, 0.2) is 11.2 Å². The number of nitrogens with zero attached hydrogens (tertiary/aromatic N) is 2. The molecule has 0 amide bonds. The number of aromatic amines is 1. The number of hydrogen-bond acceptors (Lipinski definition) is 7. The monoisotopic (exact) mass is 303 g/mol. The summed E-state index contributed by atoms with van der Waals surface area (Å²) in [5.74, 6) is -0.956. The second-order valence-corrected chi connectivity index (χ2v) is 4.88. The maximum absolute atomic E-state index is 9.91. The molecule has 3 rings (SSSR count). The van der Waals surface area contributed by atoms with Gasteiger partial charge in [-0.3, -0.25) is 10.7 Å². The third kappa shape index (κ3) is 2.20. The molecule has 0 saturated heterocycles. The Balaban J connectivity index is 0.00000147. The second-order valence-electron chi connectivity index (χ2n) is 4.88. The van der Waals surface area contributed by atoms with E-state index >= 15 is 0 Å². The quantitative estimate of drug-likeness (QED) is 0.393. The lowest BCUT2D eigenvalue weighted by atomic mass is 10.0. The molecule has 1 unspecified atom stereocenters. The topological polar surface area (TPSA) is 130 Å². The molecule has 3 atom stereocenters. The third-order valence-electron chi connectivity index (χ3n) is 3.52. The number of hydrazine groups is 1. The first-order valence-electron chi connectivity index (χ1n) is 6.14. The molecule has 112 valence electrons. The lowest BCUT2D eigenvalue weighted by molar-refractivity contribution is 0.00607. The Bertz CT molecular complexity index is 522. The highest BCUT2D eigenvalue weighted by Gasteiger charge is 2.46. The summed E-state index contributed by atoms with van der Waals surface area (Å²) in [7, 11) is 0. The van der Waals surface area contributed by atoms with Gasteiger partial charge in [0, 0.05) is 19.2 Å². The number of hydrogen-bond donors (Lipinski definition) is 6. The summed E-state index contributed by atoms with van der Waals surface area (Å²) in [6.07, 6.45) is 1.89. The number of aliphatic hydroxyl groups is 3. The SMILES string of the molecule is Cl.NC12N=CN(N1)c1c(C[C@H](O)[C@H](O)CCO)c[nH]c12. The smallest absolute Gasteiger partial charge is 0.224 e. The van der Waals surface area contributed by atoms with Crippen molar-refractivity contribution in [1.29, 1.82) is 0 Å². The fraction of sp³-hybridized carbons (Fsp3) is 0.545. The van der Waals surface area contributed by atoms with Crippen LogP contribution in [0.1, 0.15) is 17.7 Å². The van der Waals surface area contributed by atoms with Crippen molar-refractivity contribution < 1.29 is 15.3 Å². The van der Waals surface area contributed by atoms with Crippen molar-refractivity contribution in [3.05, 3.63) is 17.5 Å². The van der Waals surface area contributed by atoms with Crippen LogP contribution in [-0.4, -0.2) is 45.5 Å². The number of rotatable bonds is 5. The fourth-order valence-electron chi connectivity index (χ4n) is 2.49. The van der Waals surface area contributed by atoms with Gasteiger partial charge in [-0.05, 0) is 12.0 Å². The maximum Gasteiger partial charge on any atom is 0.224 e. The van der Waals surface area contributed by atoms with E-state index in [1.165, 1.54) is 0 Å². The van der Waals surface area contributed by atoms with Crippen molar-refractivity contribution in [2.45, 2.75) is 30.8 Å². The lowest BCUT2D eigenvalue weighted by Gasteiger charge is -2.18. The molecule has 2 aliphatic rings. The Morgan fingerprint density at radius 2 is 2.15 bits per heavy atom. The summed E-state index contributed by atoms with van der Waals surface area (Å²) < 4.78 is 0. The zero-order chi connectivity index (χ0) is 13.6. The van der Waals surface area contributed by atoms with Crippen LogP contribution in [0, 0.1) is 0 Å². The van der Waals surface area contributed by atoms with E-state index in [0.29, 0.717) is 0 Å². The van der Waals surface area contributed by atoms with Gasteiger partial charge in [-0.2, -0.15) is 5.43 Å². The molecule has 9 heteroatoms. The summed E-state index contributed by atoms with van der Waals surface area (Å²) in [6, 6.07) is 0. The largest absolute Gasteiger partial charge is 0.396 e. The molecule has 2 aliphatic heterocycles. The Morgan fingerprint density at radius 1 is 1.40 bits per heavy atom. The number of aliphatic hydroxyl groups excluding tert-OH is 3. The van der Waals surface area contributed by atoms with Crippen LogP contribution < -0.4 is 16.2 Å². The van der Waals surface area contributed by atoms with Gasteiger partial charge < -0.3 is 20.3 Å². The highest BCUT2D eigenvalue weighted by Crippen LogP contribution is 2.40. The number of H-pyrrole nitrogens is 1. The minimum absolute atomic E-state index is 0. The van der Waals surface area contributed by atoms with Crippen molar-refractivity contribution in [2.75, 3.05) is 11.6 Å². The summed E-state index contributed by atoms with van der Waals surface area (Å²) in [5.41, 5.74) is 11.5. The first-order valence-corrected chi connectivity index (χ1v) is 6.14. The molecule has 2 bridgehead atoms. The minimum atomic E-state index is -0.956. The number of fused-ring (bicyclic) bond motifs is 5. The molecule has 8 nitrogen and oxygen atoms in total. The number of halogens is 1. The molecular weight excluding hydrogens is 286 g/mol. The Labute approximate surface area is 121 Å². The van der Waals surface area contributed by atoms with Crippen molar-refractivity contribution in [1.82, 2.24) is 10.4 Å². The van der Waals surface area contributed by atoms with Gasteiger partial charge in [0.15, 0.2) is 0 Å². The molecule has 0 aliphatic carbocycles. The Morgan fingerprint density at radius 3 is 2.85 bits per heavy atom. The maximum atomic E-state index is 9.91. The first-order chi connectivity index (χ1) is 9.05. The summed E-state index contributed by atoms with van der Waals surface area (Å²) in [4.78, 5) is 7.18. The van der Waals surface area contributed by atoms with Crippen LogP contribution in [0.5, 0.6) is 0 Å². The van der Waals surface area contributed by atoms with Gasteiger partial charge in [0.1, 0.15) is 12.0 Å². The fourth-order valence-corrected chi connectivity index (χ4v) is 2.49. The Kier molecular flexibility index (Phi) is 4.05. The molecule has 0 spiro atoms. The van der Waals surface area contributed by atoms with Crippen LogP contribution in [-0.2, 0) is 12.2 Å². The molecular formula is C11H18ClN5O3. The van der Waals surface area contributed by atoms with Gasteiger partial charge in [-0.25, -0.2) is 4.99 Å². The average molecular weight is 304 g/mol. The Hall–Kier alpha value is -1.16. The van der Waals surface area contributed by atoms with Gasteiger partial charge >= 0.3 is 0 Å². The van der Waals surface area contributed by atoms with E-state index in [-0.39, 0.29) is 31.9 Å². The highest BCUT2D eigenvalue weighted by atomic mass is 35.5. The standard InChI is InChI=1S/C11H17N5O3.ClH/c12-11-10-9(16(15-11)5-14-11)6(4-13-10)3-8(19)7(18)1-2-17;/h4-5,7-8,13,15,17-19H,1-3,12H2;1H/t7-,8+,11?;/m1./s1. The predicted octanol–water partition coefficient (Wildman–Crippen LogP) is -1.48. The molecule has 0 aromatic carbocycles. The van der Waals surface area contributed by atoms with Gasteiger partial charge in [0.2, 0.25) is 5.79 Å². The molecule has 0 saturated carbocycles. The number of nitrogens with one attached hydrogen (secondary N) is 2. The third-order valence-corrected chi connectivity index (χ3v) is 3.52. The van der Waals surface area contributed by atoms with Gasteiger partial charge in [0.05, 0.1) is 17.9 Å². The van der Waals surface area contributed by atoms with Crippen LogP contribution in [0.2, 0.25) is 0 Å². The molecule has 0 radical (unpaired) electrons. The van der Waals surface area contributed by atoms with Crippen LogP contribution in [0.3, 0.4) is 0 Å². The van der Waals surface area contributed by atoms with Crippen LogP contribution in [0.25, 0.3) is 0 Å². The zero-order valence-electron chi connectivity index (χ0n) is 10.7. The van der Waals surface area contributed by atoms with Crippen molar-refractivity contribution in [2.24, 2.45) is 10.7 Å². The molecule has 3 heterocycles. The van der Waals surface area contributed by atoms with Gasteiger partial charge in [-0.15, -0.1) is 12.4 Å². The summed E-state index contributed by atoms with van der Waals surface area (Å²) in [6.45, 7) is -0.157. The van der Waals surface area contributed by atoms with E-state index in [2.05, 4.69) is 15.4 Å². The molecule has 7 N–H and O–H groups in total. The van der Waals surface area contributed by atoms with Gasteiger partial charge in [0.25, 0.3) is 0 Å². The average Bonchev–Trinajstić information content (AvgIpc) is 3.00. The van der Waals surface area contributed by atoms with E-state index in [4.69, 9.17) is 10.8 Å². The number of nitrogens with two attached hydrogens (primary N) is 1. The van der Waals surface area contributed by atoms with E-state index in [1.807, 2.05) is 0 Å². The molecule has 0 fully saturated rings. The number of anilines is 1. The zero-order valence-corrected chi connectivity index (χ0v) is 11.5. The molecule has 1 aromatic heterocycles. The summed E-state index contributed by atoms with van der Waals surface area (Å²) in [5, 5.41) is 30.0. The van der Waals surface area contributed by atoms with E-state index in [0.717, 1.165) is 16.9 Å². The number of aliphatic imine (C=N–C) groups is 1. The van der Waals surface area contributed by atoms with Crippen molar-refractivity contribution >= 4 is 24.4 Å². The first kappa shape index (κ1) is 15.2. The number of aromatic nitrogens is 1. The summed E-state index contributed by atoms with van der Waals surface area (Å²) >= 11 is 0. The minimum Gasteiger partial charge on any atom is -0.396 e. The van der Waals surface area contributed by atoms with Crippen LogP contribution >= 0.6 is 12.4 Å². The second kappa shape index (κ2) is 5.32. The predicted molar refractivity (Wildman–Crippen MR) is 75.4 cm³/mol. The molecule has 1 aromatic rings. The van der Waals surface area contributed by atoms with Gasteiger partial charge in [-0.1, -0.05) is 0 Å². The molecule has 20 heavy (non-hydrogen) atoms. The highest BCUT2D eigenvalue weighted by molar-refractivity contribution is 5.88. The van der Waals surface area contributed by atoms with E-state index < -0.39 is 18.0 Å².